The number of rotatable bonds is 2. The second-order valence-corrected chi connectivity index (χ2v) is 3.87. The van der Waals surface area contributed by atoms with Crippen molar-refractivity contribution in [3.05, 3.63) is 17.3 Å². The Labute approximate surface area is 94.7 Å². The number of hydrogen-bond donors (Lipinski definition) is 1. The highest BCUT2D eigenvalue weighted by Gasteiger charge is 2.13. The van der Waals surface area contributed by atoms with Crippen LogP contribution in [0.15, 0.2) is 11.1 Å². The van der Waals surface area contributed by atoms with Crippen LogP contribution in [0.4, 0.5) is 0 Å². The van der Waals surface area contributed by atoms with E-state index < -0.39 is 0 Å². The van der Waals surface area contributed by atoms with E-state index in [4.69, 9.17) is 5.73 Å². The van der Waals surface area contributed by atoms with Crippen LogP contribution in [0.1, 0.15) is 18.2 Å². The molecular formula is C11H15N3S. The van der Waals surface area contributed by atoms with Crippen molar-refractivity contribution in [1.82, 2.24) is 9.78 Å². The molecule has 0 amide bonds. The molecule has 1 aromatic heterocycles. The Kier molecular flexibility index (Phi) is 3.87. The molecule has 0 bridgehead atoms. The van der Waals surface area contributed by atoms with E-state index in [-0.39, 0.29) is 0 Å². The van der Waals surface area contributed by atoms with Gasteiger partial charge < -0.3 is 5.73 Å². The van der Waals surface area contributed by atoms with E-state index in [0.29, 0.717) is 0 Å². The van der Waals surface area contributed by atoms with Crippen molar-refractivity contribution in [2.24, 2.45) is 12.8 Å². The Morgan fingerprint density at radius 1 is 1.60 bits per heavy atom. The highest BCUT2D eigenvalue weighted by molar-refractivity contribution is 7.98. The highest BCUT2D eigenvalue weighted by Crippen LogP contribution is 2.26. The number of nitrogens with zero attached hydrogens (tertiary/aromatic N) is 2. The Morgan fingerprint density at radius 3 is 2.67 bits per heavy atom. The van der Waals surface area contributed by atoms with Crippen molar-refractivity contribution in [3.63, 3.8) is 0 Å². The van der Waals surface area contributed by atoms with Crippen LogP contribution in [0.3, 0.4) is 0 Å². The second kappa shape index (κ2) is 4.94. The van der Waals surface area contributed by atoms with E-state index >= 15 is 0 Å². The number of hydrogen-bond acceptors (Lipinski definition) is 3. The van der Waals surface area contributed by atoms with Gasteiger partial charge in [-0.15, -0.1) is 11.8 Å². The summed E-state index contributed by atoms with van der Waals surface area (Å²) >= 11 is 1.68. The molecule has 80 valence electrons. The quantitative estimate of drug-likeness (QED) is 0.470. The molecule has 0 aliphatic carbocycles. The third kappa shape index (κ3) is 2.18. The lowest BCUT2D eigenvalue weighted by molar-refractivity contribution is 0.695. The molecule has 0 aliphatic rings. The van der Waals surface area contributed by atoms with Crippen LogP contribution in [0.2, 0.25) is 0 Å². The first-order valence-electron chi connectivity index (χ1n) is 4.61. The average molecular weight is 221 g/mol. The lowest BCUT2D eigenvalue weighted by Gasteiger charge is -1.97. The molecule has 0 fully saturated rings. The van der Waals surface area contributed by atoms with Gasteiger partial charge in [0.1, 0.15) is 5.69 Å². The van der Waals surface area contributed by atoms with Gasteiger partial charge in [-0.1, -0.05) is 6.08 Å². The van der Waals surface area contributed by atoms with Gasteiger partial charge in [-0.25, -0.2) is 0 Å². The monoisotopic (exact) mass is 221 g/mol. The van der Waals surface area contributed by atoms with Crippen LogP contribution in [-0.2, 0) is 7.05 Å². The van der Waals surface area contributed by atoms with Crippen molar-refractivity contribution in [3.8, 4) is 12.0 Å². The molecule has 0 aromatic carbocycles. The van der Waals surface area contributed by atoms with E-state index in [1.807, 2.05) is 31.0 Å². The van der Waals surface area contributed by atoms with Crippen LogP contribution < -0.4 is 5.73 Å². The van der Waals surface area contributed by atoms with Gasteiger partial charge in [-0.3, -0.25) is 4.68 Å². The van der Waals surface area contributed by atoms with Gasteiger partial charge in [0.2, 0.25) is 0 Å². The summed E-state index contributed by atoms with van der Waals surface area (Å²) in [6.07, 6.45) is 3.97. The summed E-state index contributed by atoms with van der Waals surface area (Å²) in [6, 6.07) is 2.42. The summed E-state index contributed by atoms with van der Waals surface area (Å²) < 4.78 is 1.87. The molecule has 0 aliphatic heterocycles. The summed E-state index contributed by atoms with van der Waals surface area (Å²) in [7, 11) is 1.94. The molecule has 1 heterocycles. The average Bonchev–Trinajstić information content (AvgIpc) is 2.50. The van der Waals surface area contributed by atoms with Crippen LogP contribution >= 0.6 is 11.8 Å². The molecule has 0 unspecified atom stereocenters. The minimum Gasteiger partial charge on any atom is -0.359 e. The van der Waals surface area contributed by atoms with Crippen LogP contribution in [-0.4, -0.2) is 16.0 Å². The standard InChI is InChI=1S/C11H15N3S/c1-5-9(6-7-12)10-8(2)11(15-4)14(3)13-10/h5H,12H2,1-4H3/b9-5-. The molecule has 15 heavy (non-hydrogen) atoms. The molecule has 2 N–H and O–H groups in total. The molecule has 0 saturated heterocycles. The summed E-state index contributed by atoms with van der Waals surface area (Å²) in [4.78, 5) is 0. The first-order valence-corrected chi connectivity index (χ1v) is 5.84. The molecule has 1 rings (SSSR count). The molecule has 0 atom stereocenters. The molecular weight excluding hydrogens is 206 g/mol. The first-order chi connectivity index (χ1) is 7.15. The minimum atomic E-state index is 0.880. The van der Waals surface area contributed by atoms with Gasteiger partial charge in [0.05, 0.1) is 5.03 Å². The van der Waals surface area contributed by atoms with Crippen molar-refractivity contribution >= 4 is 17.3 Å². The largest absolute Gasteiger partial charge is 0.359 e. The van der Waals surface area contributed by atoms with Gasteiger partial charge in [0, 0.05) is 24.2 Å². The van der Waals surface area contributed by atoms with E-state index in [2.05, 4.69) is 24.0 Å². The lowest BCUT2D eigenvalue weighted by atomic mass is 10.1. The third-order valence-corrected chi connectivity index (χ3v) is 3.12. The van der Waals surface area contributed by atoms with Crippen molar-refractivity contribution in [2.45, 2.75) is 18.9 Å². The Hall–Kier alpha value is -1.34. The van der Waals surface area contributed by atoms with Gasteiger partial charge in [0.15, 0.2) is 0 Å². The molecule has 0 spiro atoms. The third-order valence-electron chi connectivity index (χ3n) is 2.16. The number of thioether (sulfide) groups is 1. The fourth-order valence-corrected chi connectivity index (χ4v) is 2.21. The van der Waals surface area contributed by atoms with Gasteiger partial charge >= 0.3 is 0 Å². The summed E-state index contributed by atoms with van der Waals surface area (Å²) in [5.74, 6) is 2.86. The van der Waals surface area contributed by atoms with Gasteiger partial charge in [-0.2, -0.15) is 5.10 Å². The zero-order chi connectivity index (χ0) is 11.4. The zero-order valence-electron chi connectivity index (χ0n) is 9.46. The SMILES string of the molecule is C/C=C(/C#CN)c1nn(C)c(SC)c1C. The predicted octanol–water partition coefficient (Wildman–Crippen LogP) is 1.77. The Balaban J connectivity index is 3.30. The first kappa shape index (κ1) is 11.7. The molecule has 4 heteroatoms. The summed E-state index contributed by atoms with van der Waals surface area (Å²) in [6.45, 7) is 3.99. The van der Waals surface area contributed by atoms with Crippen LogP contribution in [0, 0.1) is 18.9 Å². The molecule has 0 saturated carbocycles. The Morgan fingerprint density at radius 2 is 2.27 bits per heavy atom. The highest BCUT2D eigenvalue weighted by atomic mass is 32.2. The van der Waals surface area contributed by atoms with E-state index in [0.717, 1.165) is 21.9 Å². The summed E-state index contributed by atoms with van der Waals surface area (Å²) in [5.41, 5.74) is 8.18. The normalized spacial score (nSPS) is 11.1. The molecule has 1 aromatic rings. The molecule has 3 nitrogen and oxygen atoms in total. The predicted molar refractivity (Wildman–Crippen MR) is 65.3 cm³/mol. The second-order valence-electron chi connectivity index (χ2n) is 3.08. The maximum atomic E-state index is 5.23. The molecule has 0 radical (unpaired) electrons. The number of aromatic nitrogens is 2. The number of nitrogens with two attached hydrogens (primary N) is 1. The van der Waals surface area contributed by atoms with Crippen molar-refractivity contribution < 1.29 is 0 Å². The van der Waals surface area contributed by atoms with E-state index in [1.165, 1.54) is 0 Å². The maximum Gasteiger partial charge on any atom is 0.104 e. The van der Waals surface area contributed by atoms with Crippen molar-refractivity contribution in [1.29, 1.82) is 0 Å². The summed E-state index contributed by atoms with van der Waals surface area (Å²) in [5, 5.41) is 5.60. The minimum absolute atomic E-state index is 0.880. The lowest BCUT2D eigenvalue weighted by Crippen LogP contribution is -1.92. The Bertz CT molecular complexity index is 446. The van der Waals surface area contributed by atoms with E-state index in [9.17, 15) is 0 Å². The maximum absolute atomic E-state index is 5.23. The van der Waals surface area contributed by atoms with Gasteiger partial charge in [-0.05, 0) is 26.0 Å². The van der Waals surface area contributed by atoms with Gasteiger partial charge in [0.25, 0.3) is 0 Å². The fourth-order valence-electron chi connectivity index (χ4n) is 1.50. The number of allylic oxidation sites excluding steroid dienone is 2. The van der Waals surface area contributed by atoms with Crippen LogP contribution in [0.25, 0.3) is 5.57 Å². The fraction of sp³-hybridized carbons (Fsp3) is 0.364. The van der Waals surface area contributed by atoms with E-state index in [1.54, 1.807) is 11.8 Å². The van der Waals surface area contributed by atoms with Crippen LogP contribution in [0.5, 0.6) is 0 Å². The number of aryl methyl sites for hydroxylation is 1. The van der Waals surface area contributed by atoms with Crippen molar-refractivity contribution in [2.75, 3.05) is 6.26 Å². The zero-order valence-corrected chi connectivity index (χ0v) is 10.3. The topological polar surface area (TPSA) is 43.8 Å². The smallest absolute Gasteiger partial charge is 0.104 e.